The van der Waals surface area contributed by atoms with Crippen LogP contribution in [0.5, 0.6) is 0 Å². The van der Waals surface area contributed by atoms with Crippen molar-refractivity contribution in [1.29, 1.82) is 0 Å². The van der Waals surface area contributed by atoms with E-state index in [-0.39, 0.29) is 29.0 Å². The monoisotopic (exact) mass is 331 g/mol. The molecule has 5 nitrogen and oxygen atoms in total. The first-order valence-corrected chi connectivity index (χ1v) is 8.99. The van der Waals surface area contributed by atoms with Crippen molar-refractivity contribution in [3.05, 3.63) is 29.3 Å². The van der Waals surface area contributed by atoms with Gasteiger partial charge in [-0.25, -0.2) is 8.42 Å². The maximum absolute atomic E-state index is 12.1. The summed E-state index contributed by atoms with van der Waals surface area (Å²) in [6.45, 7) is 2.24. The molecule has 0 bridgehead atoms. The fourth-order valence-corrected chi connectivity index (χ4v) is 3.63. The largest absolute Gasteiger partial charge is 0.380 e. The summed E-state index contributed by atoms with van der Waals surface area (Å²) < 4.78 is 28.2. The zero-order valence-electron chi connectivity index (χ0n) is 11.9. The fourth-order valence-electron chi connectivity index (χ4n) is 2.49. The fraction of sp³-hybridized carbons (Fsp3) is 0.500. The van der Waals surface area contributed by atoms with E-state index in [0.29, 0.717) is 11.5 Å². The van der Waals surface area contributed by atoms with E-state index in [1.54, 1.807) is 12.1 Å². The summed E-state index contributed by atoms with van der Waals surface area (Å²) in [6.07, 6.45) is 1.91. The number of hydrogen-bond acceptors (Lipinski definition) is 4. The topological polar surface area (TPSA) is 72.5 Å². The van der Waals surface area contributed by atoms with Crippen molar-refractivity contribution < 1.29 is 17.9 Å². The summed E-state index contributed by atoms with van der Waals surface area (Å²) in [5.41, 5.74) is 0.718. The average molecular weight is 332 g/mol. The third-order valence-corrected chi connectivity index (χ3v) is 5.00. The molecular weight excluding hydrogens is 314 g/mol. The van der Waals surface area contributed by atoms with Crippen LogP contribution in [0.25, 0.3) is 0 Å². The Morgan fingerprint density at radius 2 is 2.10 bits per heavy atom. The summed E-state index contributed by atoms with van der Waals surface area (Å²) in [6, 6.07) is 4.60. The third-order valence-electron chi connectivity index (χ3n) is 3.60. The first kappa shape index (κ1) is 16.3. The summed E-state index contributed by atoms with van der Waals surface area (Å²) in [7, 11) is 2.96. The summed E-state index contributed by atoms with van der Waals surface area (Å²) >= 11 is 0. The Bertz CT molecular complexity index is 638. The molecule has 7 heteroatoms. The summed E-state index contributed by atoms with van der Waals surface area (Å²) in [5, 5.41) is 2.89. The predicted molar refractivity (Wildman–Crippen MR) is 79.8 cm³/mol. The molecule has 0 aromatic heterocycles. The molecule has 0 radical (unpaired) electrons. The second-order valence-electron chi connectivity index (χ2n) is 5.44. The molecular formula is C14H18ClNO4S. The Balaban J connectivity index is 2.22. The Kier molecular flexibility index (Phi) is 4.91. The van der Waals surface area contributed by atoms with Crippen LogP contribution < -0.4 is 5.32 Å². The number of amides is 1. The van der Waals surface area contributed by atoms with Crippen LogP contribution in [-0.2, 0) is 20.4 Å². The predicted octanol–water partition coefficient (Wildman–Crippen LogP) is 2.29. The lowest BCUT2D eigenvalue weighted by atomic mass is 9.82. The number of rotatable bonds is 5. The lowest BCUT2D eigenvalue weighted by Crippen LogP contribution is -2.43. The number of carbonyl (C=O) groups excluding carboxylic acids is 1. The highest BCUT2D eigenvalue weighted by molar-refractivity contribution is 8.13. The van der Waals surface area contributed by atoms with Gasteiger partial charge in [0, 0.05) is 29.4 Å². The van der Waals surface area contributed by atoms with Gasteiger partial charge in [-0.15, -0.1) is 0 Å². The highest BCUT2D eigenvalue weighted by Gasteiger charge is 2.27. The molecule has 0 unspecified atom stereocenters. The molecule has 0 saturated heterocycles. The Labute approximate surface area is 129 Å². The number of hydrogen-bond donors (Lipinski definition) is 1. The van der Waals surface area contributed by atoms with E-state index in [4.69, 9.17) is 15.4 Å². The number of ether oxygens (including phenoxy) is 1. The van der Waals surface area contributed by atoms with Gasteiger partial charge < -0.3 is 10.1 Å². The van der Waals surface area contributed by atoms with E-state index in [1.165, 1.54) is 13.2 Å². The van der Waals surface area contributed by atoms with Crippen LogP contribution in [0, 0.1) is 5.92 Å². The number of halogens is 1. The van der Waals surface area contributed by atoms with Gasteiger partial charge in [-0.05, 0) is 36.5 Å². The number of carbonyl (C=O) groups is 1. The van der Waals surface area contributed by atoms with Crippen molar-refractivity contribution in [3.8, 4) is 0 Å². The first-order valence-electron chi connectivity index (χ1n) is 6.68. The zero-order valence-corrected chi connectivity index (χ0v) is 13.5. The molecule has 21 heavy (non-hydrogen) atoms. The smallest absolute Gasteiger partial charge is 0.261 e. The Morgan fingerprint density at radius 1 is 1.43 bits per heavy atom. The number of benzene rings is 1. The van der Waals surface area contributed by atoms with E-state index >= 15 is 0 Å². The highest BCUT2D eigenvalue weighted by Crippen LogP contribution is 2.27. The van der Waals surface area contributed by atoms with Crippen LogP contribution in [0.4, 0.5) is 0 Å². The van der Waals surface area contributed by atoms with Crippen LogP contribution >= 0.6 is 10.7 Å². The van der Waals surface area contributed by atoms with Crippen LogP contribution in [0.15, 0.2) is 23.1 Å². The number of nitrogens with one attached hydrogen (secondary N) is 1. The highest BCUT2D eigenvalue weighted by atomic mass is 35.7. The average Bonchev–Trinajstić information content (AvgIpc) is 2.36. The van der Waals surface area contributed by atoms with E-state index < -0.39 is 9.05 Å². The van der Waals surface area contributed by atoms with Gasteiger partial charge in [0.05, 0.1) is 11.5 Å². The van der Waals surface area contributed by atoms with E-state index in [9.17, 15) is 13.2 Å². The van der Waals surface area contributed by atoms with Crippen molar-refractivity contribution in [1.82, 2.24) is 5.32 Å². The van der Waals surface area contributed by atoms with Gasteiger partial charge >= 0.3 is 0 Å². The van der Waals surface area contributed by atoms with Crippen LogP contribution in [0.3, 0.4) is 0 Å². The SMILES string of the molecule is COCc1ccc(C(=O)NC2CC(C)C2)cc1S(=O)(=O)Cl. The minimum atomic E-state index is -3.93. The minimum Gasteiger partial charge on any atom is -0.380 e. The maximum atomic E-state index is 12.1. The van der Waals surface area contributed by atoms with Gasteiger partial charge in [0.2, 0.25) is 0 Å². The quantitative estimate of drug-likeness (QED) is 0.840. The van der Waals surface area contributed by atoms with E-state index in [1.807, 2.05) is 0 Å². The van der Waals surface area contributed by atoms with Crippen molar-refractivity contribution in [2.45, 2.75) is 37.3 Å². The molecule has 0 aliphatic heterocycles. The molecule has 2 rings (SSSR count). The molecule has 0 heterocycles. The number of methoxy groups -OCH3 is 1. The van der Waals surface area contributed by atoms with Gasteiger partial charge in [0.1, 0.15) is 0 Å². The molecule has 1 saturated carbocycles. The maximum Gasteiger partial charge on any atom is 0.261 e. The summed E-state index contributed by atoms with van der Waals surface area (Å²) in [4.78, 5) is 12.0. The second kappa shape index (κ2) is 6.34. The standard InChI is InChI=1S/C14H18ClNO4S/c1-9-5-12(6-9)16-14(17)10-3-4-11(8-20-2)13(7-10)21(15,18)19/h3-4,7,9,12H,5-6,8H2,1-2H3,(H,16,17). The third kappa shape index (κ3) is 3.96. The normalized spacial score (nSPS) is 21.7. The molecule has 1 N–H and O–H groups in total. The summed E-state index contributed by atoms with van der Waals surface area (Å²) in [5.74, 6) is 0.343. The molecule has 0 spiro atoms. The van der Waals surface area contributed by atoms with E-state index in [2.05, 4.69) is 12.2 Å². The van der Waals surface area contributed by atoms with Gasteiger partial charge in [0.25, 0.3) is 15.0 Å². The molecule has 116 valence electrons. The molecule has 1 fully saturated rings. The minimum absolute atomic E-state index is 0.0827. The molecule has 1 aromatic carbocycles. The van der Waals surface area contributed by atoms with Gasteiger partial charge in [-0.2, -0.15) is 0 Å². The molecule has 1 aliphatic rings. The molecule has 1 aromatic rings. The van der Waals surface area contributed by atoms with Crippen molar-refractivity contribution >= 4 is 25.6 Å². The van der Waals surface area contributed by atoms with Crippen LogP contribution in [0.2, 0.25) is 0 Å². The van der Waals surface area contributed by atoms with E-state index in [0.717, 1.165) is 12.8 Å². The van der Waals surface area contributed by atoms with Crippen molar-refractivity contribution in [3.63, 3.8) is 0 Å². The van der Waals surface area contributed by atoms with Crippen LogP contribution in [0.1, 0.15) is 35.7 Å². The zero-order chi connectivity index (χ0) is 15.6. The van der Waals surface area contributed by atoms with Gasteiger partial charge in [-0.1, -0.05) is 13.0 Å². The van der Waals surface area contributed by atoms with Crippen molar-refractivity contribution in [2.24, 2.45) is 5.92 Å². The molecule has 0 atom stereocenters. The lowest BCUT2D eigenvalue weighted by Gasteiger charge is -2.33. The van der Waals surface area contributed by atoms with Crippen molar-refractivity contribution in [2.75, 3.05) is 7.11 Å². The second-order valence-corrected chi connectivity index (χ2v) is 7.97. The van der Waals surface area contributed by atoms with Crippen LogP contribution in [-0.4, -0.2) is 27.5 Å². The Hall–Kier alpha value is -1.11. The lowest BCUT2D eigenvalue weighted by molar-refractivity contribution is 0.0895. The molecule has 1 amide bonds. The van der Waals surface area contributed by atoms with Gasteiger partial charge in [-0.3, -0.25) is 4.79 Å². The molecule has 1 aliphatic carbocycles. The Morgan fingerprint density at radius 3 is 2.62 bits per heavy atom. The van der Waals surface area contributed by atoms with Gasteiger partial charge in [0.15, 0.2) is 0 Å². The first-order chi connectivity index (χ1) is 9.81.